The van der Waals surface area contributed by atoms with Crippen LogP contribution in [-0.4, -0.2) is 29.3 Å². The van der Waals surface area contributed by atoms with Crippen LogP contribution in [0, 0.1) is 5.82 Å². The van der Waals surface area contributed by atoms with Crippen LogP contribution in [0.1, 0.15) is 43.4 Å². The molecule has 1 saturated heterocycles. The fourth-order valence-corrected chi connectivity index (χ4v) is 3.85. The van der Waals surface area contributed by atoms with E-state index < -0.39 is 5.60 Å². The summed E-state index contributed by atoms with van der Waals surface area (Å²) in [6, 6.07) is 13.8. The first-order valence-corrected chi connectivity index (χ1v) is 9.86. The van der Waals surface area contributed by atoms with Gasteiger partial charge in [-0.25, -0.2) is 9.18 Å². The summed E-state index contributed by atoms with van der Waals surface area (Å²) in [4.78, 5) is 14.6. The van der Waals surface area contributed by atoms with Gasteiger partial charge in [-0.2, -0.15) is 0 Å². The number of aliphatic hydroxyl groups excluding tert-OH is 1. The van der Waals surface area contributed by atoms with Gasteiger partial charge in [-0.15, -0.1) is 0 Å². The highest BCUT2D eigenvalue weighted by atomic mass is 79.9. The Hall–Kier alpha value is -1.92. The minimum atomic E-state index is -0.830. The molecule has 0 spiro atoms. The van der Waals surface area contributed by atoms with E-state index in [1.165, 1.54) is 12.1 Å². The minimum Gasteiger partial charge on any atom is -0.438 e. The second kappa shape index (κ2) is 8.40. The van der Waals surface area contributed by atoms with Crippen molar-refractivity contribution >= 4 is 22.0 Å². The van der Waals surface area contributed by atoms with E-state index in [9.17, 15) is 14.3 Å². The van der Waals surface area contributed by atoms with Crippen LogP contribution >= 0.6 is 15.9 Å². The number of amides is 1. The SMILES string of the molecule is CC(c1ccc(Br)cc1)N1CC[C@](CCCO)(c2ccc(F)cc2)OC1=O. The third kappa shape index (κ3) is 4.33. The Labute approximate surface area is 167 Å². The summed E-state index contributed by atoms with van der Waals surface area (Å²) in [6.07, 6.45) is 1.21. The number of hydrogen-bond donors (Lipinski definition) is 1. The molecule has 2 aromatic carbocycles. The van der Waals surface area contributed by atoms with Gasteiger partial charge in [-0.1, -0.05) is 40.2 Å². The number of rotatable bonds is 6. The largest absolute Gasteiger partial charge is 0.438 e. The maximum atomic E-state index is 13.3. The number of ether oxygens (including phenoxy) is 1. The number of aliphatic hydroxyl groups is 1. The van der Waals surface area contributed by atoms with Crippen LogP contribution in [0.5, 0.6) is 0 Å². The zero-order valence-electron chi connectivity index (χ0n) is 15.2. The highest BCUT2D eigenvalue weighted by molar-refractivity contribution is 9.10. The van der Waals surface area contributed by atoms with E-state index in [2.05, 4.69) is 15.9 Å². The van der Waals surface area contributed by atoms with Gasteiger partial charge in [0.15, 0.2) is 0 Å². The van der Waals surface area contributed by atoms with Crippen molar-refractivity contribution in [3.63, 3.8) is 0 Å². The van der Waals surface area contributed by atoms with E-state index in [0.29, 0.717) is 25.8 Å². The van der Waals surface area contributed by atoms with Crippen molar-refractivity contribution in [2.24, 2.45) is 0 Å². The van der Waals surface area contributed by atoms with Crippen LogP contribution in [0.25, 0.3) is 0 Å². The van der Waals surface area contributed by atoms with Gasteiger partial charge in [0.05, 0.1) is 6.04 Å². The van der Waals surface area contributed by atoms with Crippen molar-refractivity contribution in [1.82, 2.24) is 4.90 Å². The molecule has 1 N–H and O–H groups in total. The third-order valence-corrected chi connectivity index (χ3v) is 5.73. The van der Waals surface area contributed by atoms with Gasteiger partial charge >= 0.3 is 6.09 Å². The molecule has 1 fully saturated rings. The van der Waals surface area contributed by atoms with Crippen molar-refractivity contribution in [1.29, 1.82) is 0 Å². The molecule has 1 heterocycles. The molecule has 144 valence electrons. The first-order valence-electron chi connectivity index (χ1n) is 9.07. The smallest absolute Gasteiger partial charge is 0.411 e. The second-order valence-electron chi connectivity index (χ2n) is 6.87. The summed E-state index contributed by atoms with van der Waals surface area (Å²) in [5, 5.41) is 9.26. The average molecular weight is 436 g/mol. The van der Waals surface area contributed by atoms with Crippen LogP contribution in [0.15, 0.2) is 53.0 Å². The van der Waals surface area contributed by atoms with Crippen molar-refractivity contribution in [2.75, 3.05) is 13.2 Å². The second-order valence-corrected chi connectivity index (χ2v) is 7.78. The van der Waals surface area contributed by atoms with Crippen LogP contribution in [0.4, 0.5) is 9.18 Å². The number of cyclic esters (lactones) is 1. The molecule has 0 bridgehead atoms. The lowest BCUT2D eigenvalue weighted by molar-refractivity contribution is -0.0680. The molecule has 6 heteroatoms. The van der Waals surface area contributed by atoms with Gasteiger partial charge in [0.1, 0.15) is 11.4 Å². The molecule has 1 unspecified atom stereocenters. The van der Waals surface area contributed by atoms with Gasteiger partial charge in [-0.05, 0) is 55.2 Å². The van der Waals surface area contributed by atoms with Gasteiger partial charge in [0.25, 0.3) is 0 Å². The molecule has 0 aliphatic carbocycles. The number of carbonyl (C=O) groups is 1. The molecule has 0 aromatic heterocycles. The van der Waals surface area contributed by atoms with Gasteiger partial charge in [0, 0.05) is 24.0 Å². The minimum absolute atomic E-state index is 0.0134. The first-order chi connectivity index (χ1) is 12.9. The number of carbonyl (C=O) groups excluding carboxylic acids is 1. The predicted octanol–water partition coefficient (Wildman–Crippen LogP) is 5.16. The van der Waals surface area contributed by atoms with Crippen molar-refractivity contribution in [2.45, 2.75) is 37.8 Å². The Morgan fingerprint density at radius 3 is 2.48 bits per heavy atom. The molecule has 0 radical (unpaired) electrons. The van der Waals surface area contributed by atoms with Crippen molar-refractivity contribution in [3.05, 3.63) is 69.9 Å². The molecule has 2 aromatic rings. The number of nitrogens with zero attached hydrogens (tertiary/aromatic N) is 1. The van der Waals surface area contributed by atoms with Crippen molar-refractivity contribution < 1.29 is 19.0 Å². The summed E-state index contributed by atoms with van der Waals surface area (Å²) in [6.45, 7) is 2.52. The fraction of sp³-hybridized carbons (Fsp3) is 0.381. The summed E-state index contributed by atoms with van der Waals surface area (Å²) in [7, 11) is 0. The summed E-state index contributed by atoms with van der Waals surface area (Å²) < 4.78 is 20.2. The van der Waals surface area contributed by atoms with Gasteiger partial charge in [-0.3, -0.25) is 0 Å². The molecule has 1 aliphatic rings. The standard InChI is InChI=1S/C21H23BrFNO3/c1-15(16-3-7-18(22)8-4-16)24-13-12-21(11-2-14-25,27-20(24)26)17-5-9-19(23)10-6-17/h3-10,15,25H,2,11-14H2,1H3/t15?,21-/m1/s1. The topological polar surface area (TPSA) is 49.8 Å². The highest BCUT2D eigenvalue weighted by Gasteiger charge is 2.43. The lowest BCUT2D eigenvalue weighted by Gasteiger charge is -2.43. The lowest BCUT2D eigenvalue weighted by atomic mass is 9.84. The Bertz CT molecular complexity index is 781. The fourth-order valence-electron chi connectivity index (χ4n) is 3.58. The van der Waals surface area contributed by atoms with E-state index in [-0.39, 0.29) is 24.6 Å². The van der Waals surface area contributed by atoms with Gasteiger partial charge in [0.2, 0.25) is 0 Å². The summed E-state index contributed by atoms with van der Waals surface area (Å²) in [5.74, 6) is -0.330. The van der Waals surface area contributed by atoms with Crippen LogP contribution < -0.4 is 0 Å². The molecule has 3 rings (SSSR count). The van der Waals surface area contributed by atoms with Crippen LogP contribution in [-0.2, 0) is 10.3 Å². The normalized spacial score (nSPS) is 21.0. The molecular weight excluding hydrogens is 413 g/mol. The quantitative estimate of drug-likeness (QED) is 0.681. The van der Waals surface area contributed by atoms with E-state index in [1.807, 2.05) is 31.2 Å². The number of hydrogen-bond acceptors (Lipinski definition) is 3. The summed E-state index contributed by atoms with van der Waals surface area (Å²) >= 11 is 3.42. The highest BCUT2D eigenvalue weighted by Crippen LogP contribution is 2.40. The monoisotopic (exact) mass is 435 g/mol. The maximum Gasteiger partial charge on any atom is 0.411 e. The Morgan fingerprint density at radius 2 is 1.89 bits per heavy atom. The van der Waals surface area contributed by atoms with E-state index >= 15 is 0 Å². The Balaban J connectivity index is 1.81. The molecule has 1 aliphatic heterocycles. The van der Waals surface area contributed by atoms with Gasteiger partial charge < -0.3 is 14.7 Å². The Morgan fingerprint density at radius 1 is 1.22 bits per heavy atom. The average Bonchev–Trinajstić information content (AvgIpc) is 2.67. The van der Waals surface area contributed by atoms with E-state index in [1.54, 1.807) is 17.0 Å². The van der Waals surface area contributed by atoms with Crippen LogP contribution in [0.2, 0.25) is 0 Å². The Kier molecular flexibility index (Phi) is 6.17. The molecule has 27 heavy (non-hydrogen) atoms. The maximum absolute atomic E-state index is 13.3. The molecule has 1 amide bonds. The zero-order chi connectivity index (χ0) is 19.4. The number of benzene rings is 2. The van der Waals surface area contributed by atoms with Crippen LogP contribution in [0.3, 0.4) is 0 Å². The summed E-state index contributed by atoms with van der Waals surface area (Å²) in [5.41, 5.74) is 0.963. The molecule has 0 saturated carbocycles. The first kappa shape index (κ1) is 19.8. The zero-order valence-corrected chi connectivity index (χ0v) is 16.8. The predicted molar refractivity (Wildman–Crippen MR) is 105 cm³/mol. The van der Waals surface area contributed by atoms with Crippen molar-refractivity contribution in [3.8, 4) is 0 Å². The molecular formula is C21H23BrFNO3. The molecule has 4 nitrogen and oxygen atoms in total. The molecule has 2 atom stereocenters. The third-order valence-electron chi connectivity index (χ3n) is 5.20. The van der Waals surface area contributed by atoms with E-state index in [0.717, 1.165) is 15.6 Å². The lowest BCUT2D eigenvalue weighted by Crippen LogP contribution is -2.48. The number of halogens is 2. The van der Waals surface area contributed by atoms with E-state index in [4.69, 9.17) is 4.74 Å².